The highest BCUT2D eigenvalue weighted by Crippen LogP contribution is 2.25. The first kappa shape index (κ1) is 29.2. The molecule has 2 heterocycles. The van der Waals surface area contributed by atoms with Crippen molar-refractivity contribution in [3.05, 3.63) is 125 Å². The van der Waals surface area contributed by atoms with E-state index in [-0.39, 0.29) is 17.4 Å². The van der Waals surface area contributed by atoms with Crippen molar-refractivity contribution < 1.29 is 23.3 Å². The van der Waals surface area contributed by atoms with Crippen LogP contribution in [0.25, 0.3) is 17.4 Å². The van der Waals surface area contributed by atoms with Gasteiger partial charge in [-0.15, -0.1) is 11.8 Å². The Bertz CT molecular complexity index is 1760. The third-order valence-corrected chi connectivity index (χ3v) is 7.17. The van der Waals surface area contributed by atoms with Gasteiger partial charge in [0.25, 0.3) is 11.8 Å². The maximum Gasteiger partial charge on any atom is 0.272 e. The van der Waals surface area contributed by atoms with Crippen LogP contribution in [0, 0.1) is 13.8 Å². The molecule has 43 heavy (non-hydrogen) atoms. The van der Waals surface area contributed by atoms with Gasteiger partial charge in [0.2, 0.25) is 5.91 Å². The summed E-state index contributed by atoms with van der Waals surface area (Å²) in [5, 5.41) is 12.0. The van der Waals surface area contributed by atoms with Gasteiger partial charge in [0.05, 0.1) is 5.75 Å². The molecule has 0 aliphatic rings. The minimum absolute atomic E-state index is 0.0110. The first-order chi connectivity index (χ1) is 20.8. The number of furan rings is 1. The number of aryl methyl sites for hydroxylation is 2. The third kappa shape index (κ3) is 8.11. The van der Waals surface area contributed by atoms with E-state index >= 15 is 0 Å². The van der Waals surface area contributed by atoms with Crippen molar-refractivity contribution in [2.45, 2.75) is 18.7 Å². The van der Waals surface area contributed by atoms with E-state index in [0.29, 0.717) is 34.3 Å². The summed E-state index contributed by atoms with van der Waals surface area (Å²) < 4.78 is 10.9. The van der Waals surface area contributed by atoms with Crippen molar-refractivity contribution >= 4 is 47.1 Å². The highest BCUT2D eigenvalue weighted by Gasteiger charge is 2.17. The van der Waals surface area contributed by atoms with Crippen LogP contribution in [0.5, 0.6) is 0 Å². The molecule has 0 fully saturated rings. The van der Waals surface area contributed by atoms with Crippen molar-refractivity contribution in [2.75, 3.05) is 16.4 Å². The molecule has 0 aliphatic heterocycles. The molecule has 0 saturated carbocycles. The molecule has 0 saturated heterocycles. The molecule has 0 spiro atoms. The first-order valence-corrected chi connectivity index (χ1v) is 14.3. The number of hydrogen-bond donors (Lipinski definition) is 3. The number of benzene rings is 3. The highest BCUT2D eigenvalue weighted by atomic mass is 32.2. The fraction of sp³-hybridized carbons (Fsp3) is 0.0909. The lowest BCUT2D eigenvalue weighted by atomic mass is 10.1. The zero-order valence-corrected chi connectivity index (χ0v) is 24.2. The van der Waals surface area contributed by atoms with E-state index in [1.54, 1.807) is 67.6 Å². The number of aromatic nitrogens is 1. The molecule has 2 aromatic heterocycles. The van der Waals surface area contributed by atoms with E-state index in [1.807, 2.05) is 43.3 Å². The van der Waals surface area contributed by atoms with Gasteiger partial charge in [-0.05, 0) is 62.4 Å². The molecule has 9 nitrogen and oxygen atoms in total. The van der Waals surface area contributed by atoms with Crippen LogP contribution in [0.15, 0.2) is 117 Å². The Kier molecular flexibility index (Phi) is 9.18. The molecule has 0 atom stereocenters. The molecule has 216 valence electrons. The van der Waals surface area contributed by atoms with Crippen LogP contribution in [-0.4, -0.2) is 28.6 Å². The standard InChI is InChI=1S/C33H28N4O5S/c1-21-8-10-23(11-9-21)29-17-14-26(41-29)19-28(35-32(39)24-6-4-3-5-7-24)33(40)34-25-12-15-27(16-13-25)43-20-31(38)36-30-18-22(2)42-37-30/h3-19H,20H2,1-2H3,(H,34,40)(H,35,39)(H,36,37,38)/b28-19-. The molecule has 0 radical (unpaired) electrons. The smallest absolute Gasteiger partial charge is 0.272 e. The maximum absolute atomic E-state index is 13.4. The summed E-state index contributed by atoms with van der Waals surface area (Å²) in [6.45, 7) is 3.75. The van der Waals surface area contributed by atoms with Crippen LogP contribution in [-0.2, 0) is 9.59 Å². The van der Waals surface area contributed by atoms with Gasteiger partial charge in [-0.2, -0.15) is 0 Å². The second kappa shape index (κ2) is 13.5. The highest BCUT2D eigenvalue weighted by molar-refractivity contribution is 8.00. The van der Waals surface area contributed by atoms with E-state index in [9.17, 15) is 14.4 Å². The van der Waals surface area contributed by atoms with Crippen molar-refractivity contribution in [1.82, 2.24) is 10.5 Å². The molecule has 5 rings (SSSR count). The van der Waals surface area contributed by atoms with Crippen LogP contribution in [0.1, 0.15) is 27.4 Å². The van der Waals surface area contributed by atoms with Gasteiger partial charge in [-0.3, -0.25) is 14.4 Å². The van der Waals surface area contributed by atoms with E-state index in [1.165, 1.54) is 17.8 Å². The molecule has 3 amide bonds. The van der Waals surface area contributed by atoms with Crippen molar-refractivity contribution in [3.8, 4) is 11.3 Å². The Morgan fingerprint density at radius 2 is 1.60 bits per heavy atom. The number of anilines is 2. The Labute approximate surface area is 252 Å². The van der Waals surface area contributed by atoms with Crippen LogP contribution in [0.4, 0.5) is 11.5 Å². The number of nitrogens with zero attached hydrogens (tertiary/aromatic N) is 1. The summed E-state index contributed by atoms with van der Waals surface area (Å²) in [5.74, 6) is 1.00. The van der Waals surface area contributed by atoms with E-state index in [4.69, 9.17) is 8.94 Å². The zero-order valence-electron chi connectivity index (χ0n) is 23.4. The zero-order chi connectivity index (χ0) is 30.2. The Morgan fingerprint density at radius 3 is 2.30 bits per heavy atom. The molecule has 0 aliphatic carbocycles. The molecular weight excluding hydrogens is 564 g/mol. The predicted molar refractivity (Wildman–Crippen MR) is 166 cm³/mol. The van der Waals surface area contributed by atoms with Gasteiger partial charge >= 0.3 is 0 Å². The molecule has 3 N–H and O–H groups in total. The summed E-state index contributed by atoms with van der Waals surface area (Å²) in [6.07, 6.45) is 1.49. The number of rotatable bonds is 10. The lowest BCUT2D eigenvalue weighted by molar-refractivity contribution is -0.114. The Balaban J connectivity index is 1.27. The monoisotopic (exact) mass is 592 g/mol. The second-order valence-corrected chi connectivity index (χ2v) is 10.6. The van der Waals surface area contributed by atoms with Gasteiger partial charge in [0.15, 0.2) is 5.82 Å². The molecule has 0 bridgehead atoms. The largest absolute Gasteiger partial charge is 0.457 e. The molecule has 3 aromatic carbocycles. The number of nitrogens with one attached hydrogen (secondary N) is 3. The lowest BCUT2D eigenvalue weighted by Crippen LogP contribution is -2.30. The quantitative estimate of drug-likeness (QED) is 0.122. The second-order valence-electron chi connectivity index (χ2n) is 9.58. The topological polar surface area (TPSA) is 126 Å². The molecule has 5 aromatic rings. The van der Waals surface area contributed by atoms with Gasteiger partial charge in [0.1, 0.15) is 23.0 Å². The average molecular weight is 593 g/mol. The first-order valence-electron chi connectivity index (χ1n) is 13.3. The minimum atomic E-state index is -0.528. The Hall–Kier alpha value is -5.35. The van der Waals surface area contributed by atoms with Gasteiger partial charge < -0.3 is 24.9 Å². The Morgan fingerprint density at radius 1 is 0.860 bits per heavy atom. The van der Waals surface area contributed by atoms with Crippen molar-refractivity contribution in [2.24, 2.45) is 0 Å². The molecule has 10 heteroatoms. The van der Waals surface area contributed by atoms with Crippen molar-refractivity contribution in [1.29, 1.82) is 0 Å². The predicted octanol–water partition coefficient (Wildman–Crippen LogP) is 6.69. The SMILES string of the molecule is Cc1ccc(-c2ccc(/C=C(\NC(=O)c3ccccc3)C(=O)Nc3ccc(SCC(=O)Nc4cc(C)on4)cc3)o2)cc1. The summed E-state index contributed by atoms with van der Waals surface area (Å²) >= 11 is 1.33. The number of carbonyl (C=O) groups excluding carboxylic acids is 3. The summed E-state index contributed by atoms with van der Waals surface area (Å²) in [4.78, 5) is 39.3. The van der Waals surface area contributed by atoms with Crippen LogP contribution < -0.4 is 16.0 Å². The van der Waals surface area contributed by atoms with Gasteiger partial charge in [-0.25, -0.2) is 0 Å². The van der Waals surface area contributed by atoms with E-state index in [0.717, 1.165) is 16.0 Å². The van der Waals surface area contributed by atoms with Crippen LogP contribution >= 0.6 is 11.8 Å². The fourth-order valence-corrected chi connectivity index (χ4v) is 4.67. The molecule has 0 unspecified atom stereocenters. The van der Waals surface area contributed by atoms with E-state index < -0.39 is 11.8 Å². The average Bonchev–Trinajstić information content (AvgIpc) is 3.65. The minimum Gasteiger partial charge on any atom is -0.457 e. The fourth-order valence-electron chi connectivity index (χ4n) is 3.97. The van der Waals surface area contributed by atoms with Gasteiger partial charge in [-0.1, -0.05) is 53.2 Å². The van der Waals surface area contributed by atoms with Crippen LogP contribution in [0.2, 0.25) is 0 Å². The summed E-state index contributed by atoms with van der Waals surface area (Å²) in [5.41, 5.74) is 2.96. The summed E-state index contributed by atoms with van der Waals surface area (Å²) in [6, 6.07) is 28.7. The van der Waals surface area contributed by atoms with Gasteiger partial charge in [0, 0.05) is 33.9 Å². The van der Waals surface area contributed by atoms with Crippen LogP contribution in [0.3, 0.4) is 0 Å². The number of amides is 3. The van der Waals surface area contributed by atoms with E-state index in [2.05, 4.69) is 21.1 Å². The van der Waals surface area contributed by atoms with Crippen molar-refractivity contribution in [3.63, 3.8) is 0 Å². The number of hydrogen-bond acceptors (Lipinski definition) is 7. The lowest BCUT2D eigenvalue weighted by Gasteiger charge is -2.11. The normalized spacial score (nSPS) is 11.2. The summed E-state index contributed by atoms with van der Waals surface area (Å²) in [7, 11) is 0. The number of thioether (sulfide) groups is 1. The third-order valence-electron chi connectivity index (χ3n) is 6.16. The molecular formula is C33H28N4O5S. The number of carbonyl (C=O) groups is 3. The maximum atomic E-state index is 13.4.